The van der Waals surface area contributed by atoms with Crippen molar-refractivity contribution in [3.63, 3.8) is 0 Å². The standard InChI is InChI=1S/C15H14O2/c16-13-10-5-1-2-6-11(10)14(17)15-7-3-4-9(8-15)12(13)15/h1-2,5-6,9,12H,3-4,7-8H2/t9-,12-,15-/m0/s1. The number of Topliss-reactive ketones (excluding diaryl/α,β-unsaturated/α-hetero) is 2. The van der Waals surface area contributed by atoms with Gasteiger partial charge in [-0.25, -0.2) is 0 Å². The van der Waals surface area contributed by atoms with Gasteiger partial charge >= 0.3 is 0 Å². The van der Waals surface area contributed by atoms with E-state index in [1.165, 1.54) is 0 Å². The normalized spacial score (nSPS) is 38.1. The van der Waals surface area contributed by atoms with Gasteiger partial charge in [-0.15, -0.1) is 0 Å². The summed E-state index contributed by atoms with van der Waals surface area (Å²) in [7, 11) is 0. The average Bonchev–Trinajstić information content (AvgIpc) is 2.37. The fraction of sp³-hybridized carbons (Fsp3) is 0.467. The maximum atomic E-state index is 12.6. The lowest BCUT2D eigenvalue weighted by Crippen LogP contribution is -2.61. The monoisotopic (exact) mass is 226 g/mol. The van der Waals surface area contributed by atoms with Gasteiger partial charge in [0.15, 0.2) is 11.6 Å². The van der Waals surface area contributed by atoms with Crippen molar-refractivity contribution < 1.29 is 9.59 Å². The summed E-state index contributed by atoms with van der Waals surface area (Å²) in [4.78, 5) is 25.1. The van der Waals surface area contributed by atoms with E-state index < -0.39 is 0 Å². The van der Waals surface area contributed by atoms with Crippen molar-refractivity contribution in [2.45, 2.75) is 25.7 Å². The van der Waals surface area contributed by atoms with Crippen molar-refractivity contribution >= 4 is 11.6 Å². The van der Waals surface area contributed by atoms with Crippen LogP contribution in [0.15, 0.2) is 24.3 Å². The second-order valence-electron chi connectivity index (χ2n) is 5.73. The maximum Gasteiger partial charge on any atom is 0.170 e. The molecule has 3 aliphatic carbocycles. The molecular formula is C15H14O2. The molecule has 2 saturated carbocycles. The lowest BCUT2D eigenvalue weighted by atomic mass is 9.42. The van der Waals surface area contributed by atoms with Crippen molar-refractivity contribution in [2.75, 3.05) is 0 Å². The SMILES string of the molecule is O=C1c2ccccc2C(=O)[C@@]23CCC[C@@H](C2)[C@@H]13. The van der Waals surface area contributed by atoms with Crippen LogP contribution in [0.25, 0.3) is 0 Å². The topological polar surface area (TPSA) is 34.1 Å². The summed E-state index contributed by atoms with van der Waals surface area (Å²) in [6.45, 7) is 0. The number of ketones is 2. The molecule has 2 nitrogen and oxygen atoms in total. The number of hydrogen-bond acceptors (Lipinski definition) is 2. The quantitative estimate of drug-likeness (QED) is 0.681. The third-order valence-corrected chi connectivity index (χ3v) is 5.06. The number of carbonyl (C=O) groups is 2. The fourth-order valence-corrected chi connectivity index (χ4v) is 4.35. The Morgan fingerprint density at radius 3 is 2.65 bits per heavy atom. The lowest BCUT2D eigenvalue weighted by molar-refractivity contribution is -0.0485. The molecule has 1 aromatic carbocycles. The Balaban J connectivity index is 1.95. The second kappa shape index (κ2) is 2.87. The molecule has 2 bridgehead atoms. The van der Waals surface area contributed by atoms with E-state index >= 15 is 0 Å². The van der Waals surface area contributed by atoms with Gasteiger partial charge in [-0.3, -0.25) is 9.59 Å². The molecule has 4 rings (SSSR count). The average molecular weight is 226 g/mol. The third kappa shape index (κ3) is 0.935. The van der Waals surface area contributed by atoms with Crippen molar-refractivity contribution in [1.29, 1.82) is 0 Å². The minimum absolute atomic E-state index is 0.0126. The fourth-order valence-electron chi connectivity index (χ4n) is 4.35. The van der Waals surface area contributed by atoms with E-state index in [1.54, 1.807) is 0 Å². The molecule has 2 fully saturated rings. The summed E-state index contributed by atoms with van der Waals surface area (Å²) in [6, 6.07) is 7.36. The molecule has 3 atom stereocenters. The molecule has 0 unspecified atom stereocenters. The highest BCUT2D eigenvalue weighted by molar-refractivity contribution is 6.18. The van der Waals surface area contributed by atoms with Crippen LogP contribution < -0.4 is 0 Å². The van der Waals surface area contributed by atoms with Crippen LogP contribution in [0.4, 0.5) is 0 Å². The number of benzene rings is 1. The number of hydrogen-bond donors (Lipinski definition) is 0. The van der Waals surface area contributed by atoms with E-state index in [0.717, 1.165) is 25.7 Å². The van der Waals surface area contributed by atoms with Crippen LogP contribution >= 0.6 is 0 Å². The highest BCUT2D eigenvalue weighted by Gasteiger charge is 2.65. The lowest BCUT2D eigenvalue weighted by Gasteiger charge is -2.59. The molecule has 0 radical (unpaired) electrons. The molecule has 2 heteroatoms. The number of fused-ring (bicyclic) bond motifs is 3. The summed E-state index contributed by atoms with van der Waals surface area (Å²) in [5.41, 5.74) is 1.05. The minimum atomic E-state index is -0.297. The van der Waals surface area contributed by atoms with Gasteiger partial charge in [0.25, 0.3) is 0 Å². The van der Waals surface area contributed by atoms with Crippen LogP contribution in [-0.2, 0) is 0 Å². The first kappa shape index (κ1) is 9.58. The first-order valence-electron chi connectivity index (χ1n) is 6.42. The summed E-state index contributed by atoms with van der Waals surface area (Å²) in [5.74, 6) is 0.969. The summed E-state index contributed by atoms with van der Waals surface area (Å²) < 4.78 is 0. The highest BCUT2D eigenvalue weighted by Crippen LogP contribution is 2.64. The van der Waals surface area contributed by atoms with E-state index in [9.17, 15) is 9.59 Å². The zero-order valence-electron chi connectivity index (χ0n) is 9.61. The molecule has 0 amide bonds. The maximum absolute atomic E-state index is 12.6. The Hall–Kier alpha value is -1.44. The molecule has 17 heavy (non-hydrogen) atoms. The van der Waals surface area contributed by atoms with Gasteiger partial charge < -0.3 is 0 Å². The zero-order valence-corrected chi connectivity index (χ0v) is 9.61. The van der Waals surface area contributed by atoms with Gasteiger partial charge in [-0.1, -0.05) is 30.7 Å². The van der Waals surface area contributed by atoms with Gasteiger partial charge in [0.1, 0.15) is 0 Å². The summed E-state index contributed by atoms with van der Waals surface area (Å²) in [5, 5.41) is 0. The Kier molecular flexibility index (Phi) is 1.61. The van der Waals surface area contributed by atoms with E-state index in [2.05, 4.69) is 0 Å². The minimum Gasteiger partial charge on any atom is -0.294 e. The number of rotatable bonds is 0. The van der Waals surface area contributed by atoms with Crippen LogP contribution in [-0.4, -0.2) is 11.6 Å². The second-order valence-corrected chi connectivity index (χ2v) is 5.73. The van der Waals surface area contributed by atoms with E-state index in [1.807, 2.05) is 24.3 Å². The smallest absolute Gasteiger partial charge is 0.170 e. The molecule has 0 saturated heterocycles. The van der Waals surface area contributed by atoms with Crippen molar-refractivity contribution in [3.05, 3.63) is 35.4 Å². The van der Waals surface area contributed by atoms with Gasteiger partial charge in [0.2, 0.25) is 0 Å². The van der Waals surface area contributed by atoms with Crippen molar-refractivity contribution in [2.24, 2.45) is 17.3 Å². The molecule has 1 aromatic rings. The van der Waals surface area contributed by atoms with E-state index in [0.29, 0.717) is 17.0 Å². The predicted molar refractivity (Wildman–Crippen MR) is 63.0 cm³/mol. The molecular weight excluding hydrogens is 212 g/mol. The van der Waals surface area contributed by atoms with Crippen LogP contribution in [0.3, 0.4) is 0 Å². The molecule has 86 valence electrons. The van der Waals surface area contributed by atoms with E-state index in [4.69, 9.17) is 0 Å². The van der Waals surface area contributed by atoms with Gasteiger partial charge in [0, 0.05) is 22.5 Å². The molecule has 1 spiro atoms. The van der Waals surface area contributed by atoms with Crippen LogP contribution in [0.2, 0.25) is 0 Å². The predicted octanol–water partition coefficient (Wildman–Crippen LogP) is 2.87. The Morgan fingerprint density at radius 1 is 1.12 bits per heavy atom. The van der Waals surface area contributed by atoms with E-state index in [-0.39, 0.29) is 22.9 Å². The first-order chi connectivity index (χ1) is 8.24. The molecule has 0 aliphatic heterocycles. The Labute approximate surface area is 100 Å². The molecule has 3 aliphatic rings. The van der Waals surface area contributed by atoms with Crippen LogP contribution in [0.1, 0.15) is 46.4 Å². The van der Waals surface area contributed by atoms with Crippen molar-refractivity contribution in [1.82, 2.24) is 0 Å². The summed E-state index contributed by atoms with van der Waals surface area (Å²) in [6.07, 6.45) is 4.12. The van der Waals surface area contributed by atoms with Crippen molar-refractivity contribution in [3.8, 4) is 0 Å². The van der Waals surface area contributed by atoms with Gasteiger partial charge in [0.05, 0.1) is 0 Å². The third-order valence-electron chi connectivity index (χ3n) is 5.06. The molecule has 0 heterocycles. The first-order valence-corrected chi connectivity index (χ1v) is 6.42. The van der Waals surface area contributed by atoms with Crippen LogP contribution in [0, 0.1) is 17.3 Å². The Morgan fingerprint density at radius 2 is 1.88 bits per heavy atom. The molecule has 0 aromatic heterocycles. The Bertz CT molecular complexity index is 542. The van der Waals surface area contributed by atoms with Gasteiger partial charge in [-0.05, 0) is 25.2 Å². The van der Waals surface area contributed by atoms with Gasteiger partial charge in [-0.2, -0.15) is 0 Å². The zero-order chi connectivity index (χ0) is 11.6. The largest absolute Gasteiger partial charge is 0.294 e. The molecule has 0 N–H and O–H groups in total. The van der Waals surface area contributed by atoms with Crippen LogP contribution in [0.5, 0.6) is 0 Å². The highest BCUT2D eigenvalue weighted by atomic mass is 16.1. The summed E-state index contributed by atoms with van der Waals surface area (Å²) >= 11 is 0. The number of carbonyl (C=O) groups excluding carboxylic acids is 2.